The number of ether oxygens (including phenoxy) is 1. The second-order valence-electron chi connectivity index (χ2n) is 5.16. The summed E-state index contributed by atoms with van der Waals surface area (Å²) in [4.78, 5) is 12.7. The molecule has 0 saturated heterocycles. The smallest absolute Gasteiger partial charge is 0.322 e. The minimum absolute atomic E-state index is 0.330. The van der Waals surface area contributed by atoms with Gasteiger partial charge in [-0.2, -0.15) is 0 Å². The first-order chi connectivity index (χ1) is 8.85. The average molecular weight is 280 g/mol. The maximum absolute atomic E-state index is 12.4. The predicted molar refractivity (Wildman–Crippen MR) is 77.3 cm³/mol. The molecule has 0 saturated carbocycles. The number of carbonyl (C=O) groups excluding carboxylic acids is 1. The Bertz CT molecular complexity index is 460. The fraction of sp³-hybridized carbons (Fsp3) is 0.400. The van der Waals surface area contributed by atoms with E-state index >= 15 is 0 Å². The van der Waals surface area contributed by atoms with Crippen molar-refractivity contribution in [1.29, 1.82) is 0 Å². The highest BCUT2D eigenvalue weighted by atomic mass is 32.2. The number of rotatable bonds is 5. The normalized spacial score (nSPS) is 14.5. The predicted octanol–water partition coefficient (Wildman–Crippen LogP) is 3.08. The van der Waals surface area contributed by atoms with E-state index in [-0.39, 0.29) is 0 Å². The maximum Gasteiger partial charge on any atom is 0.322 e. The number of hydrogen-bond donors (Lipinski definition) is 0. The molecule has 2 atom stereocenters. The van der Waals surface area contributed by atoms with E-state index in [1.54, 1.807) is 51.1 Å². The lowest BCUT2D eigenvalue weighted by Gasteiger charge is -2.23. The van der Waals surface area contributed by atoms with Crippen molar-refractivity contribution in [2.45, 2.75) is 42.9 Å². The van der Waals surface area contributed by atoms with E-state index in [0.29, 0.717) is 11.3 Å². The van der Waals surface area contributed by atoms with Gasteiger partial charge in [0, 0.05) is 4.90 Å². The van der Waals surface area contributed by atoms with Crippen LogP contribution >= 0.6 is 0 Å². The summed E-state index contributed by atoms with van der Waals surface area (Å²) in [6, 6.07) is 8.93. The van der Waals surface area contributed by atoms with E-state index in [1.165, 1.54) is 0 Å². The van der Waals surface area contributed by atoms with Crippen LogP contribution in [0, 0.1) is 0 Å². The molecule has 1 rings (SSSR count). The minimum Gasteiger partial charge on any atom is -0.459 e. The van der Waals surface area contributed by atoms with Gasteiger partial charge in [-0.25, -0.2) is 0 Å². The Balaban J connectivity index is 2.92. The van der Waals surface area contributed by atoms with Gasteiger partial charge in [0.05, 0.1) is 10.8 Å². The van der Waals surface area contributed by atoms with Crippen molar-refractivity contribution >= 4 is 16.8 Å². The Labute approximate surface area is 117 Å². The molecule has 1 aromatic rings. The lowest BCUT2D eigenvalue weighted by Crippen LogP contribution is -2.34. The molecule has 0 aliphatic rings. The molecule has 0 fully saturated rings. The zero-order chi connectivity index (χ0) is 14.5. The van der Waals surface area contributed by atoms with Crippen LogP contribution in [0.2, 0.25) is 0 Å². The summed E-state index contributed by atoms with van der Waals surface area (Å²) < 4.78 is 17.7. The van der Waals surface area contributed by atoms with Crippen molar-refractivity contribution in [2.24, 2.45) is 0 Å². The van der Waals surface area contributed by atoms with Gasteiger partial charge in [-0.15, -0.1) is 6.58 Å². The SMILES string of the molecule is C=CCC(C(=O)OC(C)(C)C)S(=O)c1ccccc1. The van der Waals surface area contributed by atoms with Crippen LogP contribution in [0.15, 0.2) is 47.9 Å². The van der Waals surface area contributed by atoms with Crippen molar-refractivity contribution in [3.05, 3.63) is 43.0 Å². The van der Waals surface area contributed by atoms with E-state index in [9.17, 15) is 9.00 Å². The monoisotopic (exact) mass is 280 g/mol. The first-order valence-electron chi connectivity index (χ1n) is 6.14. The van der Waals surface area contributed by atoms with Crippen LogP contribution < -0.4 is 0 Å². The van der Waals surface area contributed by atoms with Crippen LogP contribution in [0.1, 0.15) is 27.2 Å². The molecule has 4 heteroatoms. The third kappa shape index (κ3) is 4.99. The van der Waals surface area contributed by atoms with Crippen LogP contribution in [0.4, 0.5) is 0 Å². The average Bonchev–Trinajstić information content (AvgIpc) is 2.34. The van der Waals surface area contributed by atoms with Gasteiger partial charge in [-0.1, -0.05) is 24.3 Å². The summed E-state index contributed by atoms with van der Waals surface area (Å²) in [5.41, 5.74) is -0.586. The summed E-state index contributed by atoms with van der Waals surface area (Å²) in [5.74, 6) is -0.449. The molecule has 2 unspecified atom stereocenters. The molecule has 0 amide bonds. The summed E-state index contributed by atoms with van der Waals surface area (Å²) in [6.07, 6.45) is 1.92. The van der Waals surface area contributed by atoms with E-state index in [1.807, 2.05) is 6.07 Å². The third-order valence-corrected chi connectivity index (χ3v) is 3.92. The molecular formula is C15H20O3S. The standard InChI is InChI=1S/C15H20O3S/c1-5-9-13(14(16)18-15(2,3)4)19(17)12-10-7-6-8-11-12/h5-8,10-11,13H,1,9H2,2-4H3. The maximum atomic E-state index is 12.4. The summed E-state index contributed by atoms with van der Waals surface area (Å²) in [6.45, 7) is 8.99. The lowest BCUT2D eigenvalue weighted by atomic mass is 10.2. The minimum atomic E-state index is -1.43. The van der Waals surface area contributed by atoms with Crippen molar-refractivity contribution in [3.8, 4) is 0 Å². The van der Waals surface area contributed by atoms with Gasteiger partial charge in [-0.3, -0.25) is 9.00 Å². The Morgan fingerprint density at radius 1 is 1.37 bits per heavy atom. The van der Waals surface area contributed by atoms with E-state index in [4.69, 9.17) is 4.74 Å². The Morgan fingerprint density at radius 3 is 2.42 bits per heavy atom. The van der Waals surface area contributed by atoms with Crippen molar-refractivity contribution < 1.29 is 13.7 Å². The molecule has 0 aliphatic heterocycles. The number of hydrogen-bond acceptors (Lipinski definition) is 3. The zero-order valence-corrected chi connectivity index (χ0v) is 12.4. The number of benzene rings is 1. The van der Waals surface area contributed by atoms with Gasteiger partial charge in [0.25, 0.3) is 0 Å². The number of allylic oxidation sites excluding steroid dienone is 1. The first-order valence-corrected chi connectivity index (χ1v) is 7.36. The zero-order valence-electron chi connectivity index (χ0n) is 11.6. The van der Waals surface area contributed by atoms with Crippen LogP contribution in [-0.2, 0) is 20.3 Å². The number of carbonyl (C=O) groups is 1. The van der Waals surface area contributed by atoms with Crippen LogP contribution in [-0.4, -0.2) is 21.0 Å². The fourth-order valence-electron chi connectivity index (χ4n) is 1.51. The molecule has 0 bridgehead atoms. The van der Waals surface area contributed by atoms with Crippen LogP contribution in [0.5, 0.6) is 0 Å². The fourth-order valence-corrected chi connectivity index (χ4v) is 2.80. The number of esters is 1. The highest BCUT2D eigenvalue weighted by Crippen LogP contribution is 2.18. The largest absolute Gasteiger partial charge is 0.459 e. The van der Waals surface area contributed by atoms with E-state index in [2.05, 4.69) is 6.58 Å². The summed E-state index contributed by atoms with van der Waals surface area (Å²) >= 11 is 0. The molecule has 1 aromatic carbocycles. The Hall–Kier alpha value is -1.42. The topological polar surface area (TPSA) is 43.4 Å². The van der Waals surface area contributed by atoms with Gasteiger partial charge in [-0.05, 0) is 39.3 Å². The highest BCUT2D eigenvalue weighted by molar-refractivity contribution is 7.86. The second-order valence-corrected chi connectivity index (χ2v) is 6.79. The second kappa shape index (κ2) is 6.66. The first kappa shape index (κ1) is 15.6. The van der Waals surface area contributed by atoms with Crippen LogP contribution in [0.25, 0.3) is 0 Å². The Morgan fingerprint density at radius 2 is 1.95 bits per heavy atom. The molecule has 0 radical (unpaired) electrons. The van der Waals surface area contributed by atoms with Crippen molar-refractivity contribution in [3.63, 3.8) is 0 Å². The Kier molecular flexibility index (Phi) is 5.48. The summed E-state index contributed by atoms with van der Waals surface area (Å²) in [7, 11) is -1.43. The molecule has 104 valence electrons. The summed E-state index contributed by atoms with van der Waals surface area (Å²) in [5, 5.41) is -0.709. The van der Waals surface area contributed by atoms with Crippen LogP contribution in [0.3, 0.4) is 0 Å². The van der Waals surface area contributed by atoms with Gasteiger partial charge < -0.3 is 4.74 Å². The van der Waals surface area contributed by atoms with Gasteiger partial charge in [0.15, 0.2) is 0 Å². The third-order valence-electron chi connectivity index (χ3n) is 2.28. The van der Waals surface area contributed by atoms with E-state index in [0.717, 1.165) is 0 Å². The van der Waals surface area contributed by atoms with Gasteiger partial charge >= 0.3 is 5.97 Å². The van der Waals surface area contributed by atoms with Gasteiger partial charge in [0.1, 0.15) is 10.9 Å². The molecule has 0 heterocycles. The molecule has 0 aromatic heterocycles. The molecule has 3 nitrogen and oxygen atoms in total. The molecule has 19 heavy (non-hydrogen) atoms. The van der Waals surface area contributed by atoms with E-state index < -0.39 is 27.6 Å². The van der Waals surface area contributed by atoms with Crippen molar-refractivity contribution in [1.82, 2.24) is 0 Å². The highest BCUT2D eigenvalue weighted by Gasteiger charge is 2.29. The molecule has 0 aliphatic carbocycles. The van der Waals surface area contributed by atoms with Crippen molar-refractivity contribution in [2.75, 3.05) is 0 Å². The molecule has 0 spiro atoms. The quantitative estimate of drug-likeness (QED) is 0.615. The van der Waals surface area contributed by atoms with Gasteiger partial charge in [0.2, 0.25) is 0 Å². The molecular weight excluding hydrogens is 260 g/mol. The molecule has 0 N–H and O–H groups in total. The lowest BCUT2D eigenvalue weighted by molar-refractivity contribution is -0.154.